The zero-order valence-electron chi connectivity index (χ0n) is 9.38. The normalized spacial score (nSPS) is 10.6. The molecular formula is C13H10F2OS. The Balaban J connectivity index is 2.55. The van der Waals surface area contributed by atoms with Crippen LogP contribution in [0.4, 0.5) is 8.78 Å². The van der Waals surface area contributed by atoms with Crippen molar-refractivity contribution in [1.29, 1.82) is 0 Å². The molecule has 17 heavy (non-hydrogen) atoms. The number of carbonyl (C=O) groups excluding carboxylic acids is 1. The molecule has 0 unspecified atom stereocenters. The maximum atomic E-state index is 13.5. The van der Waals surface area contributed by atoms with E-state index < -0.39 is 23.0 Å². The number of benzene rings is 1. The fourth-order valence-electron chi connectivity index (χ4n) is 1.71. The van der Waals surface area contributed by atoms with Crippen molar-refractivity contribution in [2.75, 3.05) is 0 Å². The molecule has 0 saturated heterocycles. The van der Waals surface area contributed by atoms with Gasteiger partial charge < -0.3 is 0 Å². The lowest BCUT2D eigenvalue weighted by Gasteiger charge is -2.03. The maximum absolute atomic E-state index is 13.5. The second kappa shape index (κ2) is 4.37. The molecular weight excluding hydrogens is 242 g/mol. The van der Waals surface area contributed by atoms with Crippen molar-refractivity contribution >= 4 is 17.1 Å². The van der Waals surface area contributed by atoms with Crippen LogP contribution in [0.25, 0.3) is 0 Å². The minimum atomic E-state index is -0.821. The highest BCUT2D eigenvalue weighted by molar-refractivity contribution is 7.12. The summed E-state index contributed by atoms with van der Waals surface area (Å²) < 4.78 is 26.9. The molecule has 2 rings (SSSR count). The Hall–Kier alpha value is -1.55. The number of carbonyl (C=O) groups is 1. The van der Waals surface area contributed by atoms with Crippen LogP contribution in [-0.4, -0.2) is 5.78 Å². The second-order valence-corrected chi connectivity index (χ2v) is 5.21. The predicted octanol–water partition coefficient (Wildman–Crippen LogP) is 3.87. The average molecular weight is 252 g/mol. The summed E-state index contributed by atoms with van der Waals surface area (Å²) in [6.07, 6.45) is 0. The van der Waals surface area contributed by atoms with Gasteiger partial charge in [-0.25, -0.2) is 8.78 Å². The van der Waals surface area contributed by atoms with E-state index in [1.165, 1.54) is 17.4 Å². The smallest absolute Gasteiger partial charge is 0.200 e. The van der Waals surface area contributed by atoms with Crippen LogP contribution in [0.3, 0.4) is 0 Å². The van der Waals surface area contributed by atoms with Gasteiger partial charge in [0.25, 0.3) is 0 Å². The molecule has 88 valence electrons. The summed E-state index contributed by atoms with van der Waals surface area (Å²) in [6, 6.07) is 5.08. The van der Waals surface area contributed by atoms with Gasteiger partial charge >= 0.3 is 0 Å². The molecule has 0 N–H and O–H groups in total. The van der Waals surface area contributed by atoms with E-state index in [4.69, 9.17) is 0 Å². The predicted molar refractivity (Wildman–Crippen MR) is 63.6 cm³/mol. The monoisotopic (exact) mass is 252 g/mol. The van der Waals surface area contributed by atoms with Crippen molar-refractivity contribution < 1.29 is 13.6 Å². The van der Waals surface area contributed by atoms with Gasteiger partial charge in [-0.3, -0.25) is 4.79 Å². The van der Waals surface area contributed by atoms with E-state index in [9.17, 15) is 13.6 Å². The van der Waals surface area contributed by atoms with Crippen molar-refractivity contribution in [3.05, 3.63) is 56.8 Å². The molecule has 0 aliphatic heterocycles. The van der Waals surface area contributed by atoms with Crippen molar-refractivity contribution in [2.24, 2.45) is 0 Å². The third-order valence-corrected chi connectivity index (χ3v) is 3.44. The molecule has 1 nitrogen and oxygen atoms in total. The van der Waals surface area contributed by atoms with Crippen molar-refractivity contribution in [3.63, 3.8) is 0 Å². The Kier molecular flexibility index (Phi) is 3.07. The van der Waals surface area contributed by atoms with E-state index in [0.717, 1.165) is 21.9 Å². The summed E-state index contributed by atoms with van der Waals surface area (Å²) in [5.41, 5.74) is -0.107. The van der Waals surface area contributed by atoms with Gasteiger partial charge in [-0.05, 0) is 32.0 Å². The Morgan fingerprint density at radius 3 is 2.24 bits per heavy atom. The molecule has 1 aromatic carbocycles. The molecule has 1 heterocycles. The Bertz CT molecular complexity index is 567. The lowest BCUT2D eigenvalue weighted by atomic mass is 10.0. The minimum absolute atomic E-state index is 0.372. The third kappa shape index (κ3) is 2.13. The van der Waals surface area contributed by atoms with Gasteiger partial charge in [-0.15, -0.1) is 11.3 Å². The lowest BCUT2D eigenvalue weighted by Crippen LogP contribution is -2.07. The van der Waals surface area contributed by atoms with Crippen LogP contribution in [-0.2, 0) is 0 Å². The minimum Gasteiger partial charge on any atom is -0.288 e. The molecule has 0 amide bonds. The van der Waals surface area contributed by atoms with Crippen LogP contribution >= 0.6 is 11.3 Å². The van der Waals surface area contributed by atoms with E-state index in [-0.39, 0.29) is 0 Å². The van der Waals surface area contributed by atoms with E-state index in [2.05, 4.69) is 0 Å². The molecule has 0 saturated carbocycles. The van der Waals surface area contributed by atoms with Crippen LogP contribution < -0.4 is 0 Å². The SMILES string of the molecule is Cc1cc(C(=O)c2c(F)cccc2F)c(C)s1. The van der Waals surface area contributed by atoms with Gasteiger partial charge in [0.1, 0.15) is 11.6 Å². The van der Waals surface area contributed by atoms with Crippen molar-refractivity contribution in [1.82, 2.24) is 0 Å². The standard InChI is InChI=1S/C13H10F2OS/c1-7-6-9(8(2)17-7)13(16)12-10(14)4-3-5-11(12)15/h3-6H,1-2H3. The quantitative estimate of drug-likeness (QED) is 0.741. The maximum Gasteiger partial charge on any atom is 0.200 e. The highest BCUT2D eigenvalue weighted by atomic mass is 32.1. The van der Waals surface area contributed by atoms with Crippen molar-refractivity contribution in [2.45, 2.75) is 13.8 Å². The first-order valence-corrected chi connectivity index (χ1v) is 5.88. The molecule has 2 aromatic rings. The van der Waals surface area contributed by atoms with Crippen LogP contribution in [0.15, 0.2) is 24.3 Å². The average Bonchev–Trinajstić information content (AvgIpc) is 2.57. The van der Waals surface area contributed by atoms with Gasteiger partial charge in [0, 0.05) is 15.3 Å². The molecule has 4 heteroatoms. The first kappa shape index (κ1) is 11.9. The molecule has 0 atom stereocenters. The summed E-state index contributed by atoms with van der Waals surface area (Å²) in [4.78, 5) is 13.8. The first-order valence-electron chi connectivity index (χ1n) is 5.06. The molecule has 0 fully saturated rings. The molecule has 0 radical (unpaired) electrons. The van der Waals surface area contributed by atoms with E-state index in [1.54, 1.807) is 13.0 Å². The topological polar surface area (TPSA) is 17.1 Å². The Morgan fingerprint density at radius 2 is 1.76 bits per heavy atom. The van der Waals surface area contributed by atoms with Gasteiger partial charge in [0.05, 0.1) is 5.56 Å². The molecule has 0 aliphatic rings. The van der Waals surface area contributed by atoms with Gasteiger partial charge in [-0.2, -0.15) is 0 Å². The van der Waals surface area contributed by atoms with Crippen LogP contribution in [0.5, 0.6) is 0 Å². The number of rotatable bonds is 2. The molecule has 0 aliphatic carbocycles. The lowest BCUT2D eigenvalue weighted by molar-refractivity contribution is 0.103. The van der Waals surface area contributed by atoms with Gasteiger partial charge in [0.2, 0.25) is 0 Å². The fourth-order valence-corrected chi connectivity index (χ4v) is 2.63. The molecule has 0 bridgehead atoms. The van der Waals surface area contributed by atoms with Crippen LogP contribution in [0.2, 0.25) is 0 Å². The number of ketones is 1. The fraction of sp³-hybridized carbons (Fsp3) is 0.154. The van der Waals surface area contributed by atoms with E-state index >= 15 is 0 Å². The summed E-state index contributed by atoms with van der Waals surface area (Å²) in [5, 5.41) is 0. The summed E-state index contributed by atoms with van der Waals surface area (Å²) in [7, 11) is 0. The van der Waals surface area contributed by atoms with Crippen LogP contribution in [0, 0.1) is 25.5 Å². The Morgan fingerprint density at radius 1 is 1.18 bits per heavy atom. The largest absolute Gasteiger partial charge is 0.288 e. The third-order valence-electron chi connectivity index (χ3n) is 2.48. The summed E-state index contributed by atoms with van der Waals surface area (Å²) in [6.45, 7) is 3.62. The van der Waals surface area contributed by atoms with Gasteiger partial charge in [0.15, 0.2) is 5.78 Å². The number of aryl methyl sites for hydroxylation is 2. The van der Waals surface area contributed by atoms with Crippen LogP contribution in [0.1, 0.15) is 25.7 Å². The Labute approximate surface area is 102 Å². The summed E-state index contributed by atoms with van der Waals surface area (Å²) >= 11 is 1.44. The van der Waals surface area contributed by atoms with Crippen molar-refractivity contribution in [3.8, 4) is 0 Å². The van der Waals surface area contributed by atoms with E-state index in [0.29, 0.717) is 5.56 Å². The molecule has 0 spiro atoms. The first-order chi connectivity index (χ1) is 8.00. The van der Waals surface area contributed by atoms with E-state index in [1.807, 2.05) is 6.92 Å². The second-order valence-electron chi connectivity index (χ2n) is 3.75. The molecule has 1 aromatic heterocycles. The van der Waals surface area contributed by atoms with Gasteiger partial charge in [-0.1, -0.05) is 6.07 Å². The highest BCUT2D eigenvalue weighted by Gasteiger charge is 2.21. The number of halogens is 2. The summed E-state index contributed by atoms with van der Waals surface area (Å²) in [5.74, 6) is -2.24. The highest BCUT2D eigenvalue weighted by Crippen LogP contribution is 2.25. The zero-order valence-corrected chi connectivity index (χ0v) is 10.2. The number of hydrogen-bond acceptors (Lipinski definition) is 2. The number of hydrogen-bond donors (Lipinski definition) is 0. The number of thiophene rings is 1. The zero-order chi connectivity index (χ0) is 12.6.